The molecule has 0 bridgehead atoms. The minimum atomic E-state index is -0.900. The maximum absolute atomic E-state index is 3.40. The molecule has 54 valence electrons. The molecular weight excluding hydrogens is 217 g/mol. The first-order chi connectivity index (χ1) is 4.30. The number of hydrogen-bond acceptors (Lipinski definition) is 1. The Labute approximate surface area is 65.0 Å². The van der Waals surface area contributed by atoms with Crippen molar-refractivity contribution >= 4 is 19.8 Å². The molecule has 1 nitrogen and oxygen atoms in total. The zero-order chi connectivity index (χ0) is 6.69. The van der Waals surface area contributed by atoms with Crippen molar-refractivity contribution in [2.45, 2.75) is 26.7 Å². The Hall–Kier alpha value is 0.759. The fourth-order valence-electron chi connectivity index (χ4n) is 1.51. The van der Waals surface area contributed by atoms with Crippen LogP contribution in [0.4, 0.5) is 0 Å². The zero-order valence-electron chi connectivity index (χ0n) is 6.48. The van der Waals surface area contributed by atoms with Gasteiger partial charge in [-0.1, -0.05) is 0 Å². The molecule has 2 heteroatoms. The Morgan fingerprint density at radius 2 is 1.78 bits per heavy atom. The molecule has 9 heavy (non-hydrogen) atoms. The van der Waals surface area contributed by atoms with Crippen LogP contribution in [0.5, 0.6) is 0 Å². The number of nitrogens with one attached hydrogen (secondary N) is 1. The van der Waals surface area contributed by atoms with E-state index in [1.54, 1.807) is 0 Å². The second kappa shape index (κ2) is 3.81. The molecule has 0 radical (unpaired) electrons. The molecule has 0 unspecified atom stereocenters. The zero-order valence-corrected chi connectivity index (χ0v) is 9.78. The van der Waals surface area contributed by atoms with Crippen molar-refractivity contribution in [2.75, 3.05) is 13.1 Å². The summed E-state index contributed by atoms with van der Waals surface area (Å²) in [7, 11) is 0. The van der Waals surface area contributed by atoms with Crippen LogP contribution >= 0.6 is 0 Å². The van der Waals surface area contributed by atoms with E-state index in [9.17, 15) is 0 Å². The molecule has 1 heterocycles. The van der Waals surface area contributed by atoms with Gasteiger partial charge in [-0.15, -0.1) is 0 Å². The third kappa shape index (κ3) is 2.46. The van der Waals surface area contributed by atoms with Crippen molar-refractivity contribution in [1.82, 2.24) is 5.32 Å². The standard InChI is InChI=1S/C5H10N.2CH3.Sn.H/c1-2-4-6-5-3-1;;;;/h1,6H,2-5H2;2*1H3;;. The van der Waals surface area contributed by atoms with E-state index in [2.05, 4.69) is 15.2 Å². The molecule has 0 aliphatic carbocycles. The Morgan fingerprint density at radius 3 is 2.11 bits per heavy atom. The van der Waals surface area contributed by atoms with Crippen LogP contribution in [0.3, 0.4) is 0 Å². The van der Waals surface area contributed by atoms with Gasteiger partial charge in [0.2, 0.25) is 0 Å². The van der Waals surface area contributed by atoms with Gasteiger partial charge in [-0.2, -0.15) is 0 Å². The molecule has 0 aromatic carbocycles. The maximum atomic E-state index is 3.40. The van der Waals surface area contributed by atoms with Crippen LogP contribution in [0, 0.1) is 0 Å². The molecule has 0 spiro atoms. The summed E-state index contributed by atoms with van der Waals surface area (Å²) in [6, 6.07) is 0. The molecule has 0 aromatic heterocycles. The van der Waals surface area contributed by atoms with Crippen LogP contribution in [-0.4, -0.2) is 32.8 Å². The van der Waals surface area contributed by atoms with Crippen molar-refractivity contribution < 1.29 is 0 Å². The topological polar surface area (TPSA) is 12.0 Å². The summed E-state index contributed by atoms with van der Waals surface area (Å²) in [4.78, 5) is 5.08. The number of hydrogen-bond donors (Lipinski definition) is 1. The molecule has 1 fully saturated rings. The van der Waals surface area contributed by atoms with Crippen LogP contribution in [0.2, 0.25) is 13.8 Å². The average Bonchev–Trinajstić information content (AvgIpc) is 1.90. The van der Waals surface area contributed by atoms with Crippen LogP contribution in [0.25, 0.3) is 0 Å². The molecule has 1 saturated heterocycles. The molecule has 1 aliphatic rings. The van der Waals surface area contributed by atoms with Gasteiger partial charge in [0.15, 0.2) is 0 Å². The summed E-state index contributed by atoms with van der Waals surface area (Å²) in [5.41, 5.74) is 0. The molecular formula is C7H17NSn. The van der Waals surface area contributed by atoms with E-state index in [1.807, 2.05) is 0 Å². The fraction of sp³-hybridized carbons (Fsp3) is 1.00. The Kier molecular flexibility index (Phi) is 3.33. The first-order valence-electron chi connectivity index (χ1n) is 4.01. The van der Waals surface area contributed by atoms with Crippen molar-refractivity contribution in [1.29, 1.82) is 0 Å². The van der Waals surface area contributed by atoms with Gasteiger partial charge in [0.25, 0.3) is 0 Å². The molecule has 1 N–H and O–H groups in total. The van der Waals surface area contributed by atoms with Crippen LogP contribution in [0.1, 0.15) is 12.8 Å². The molecule has 0 amide bonds. The van der Waals surface area contributed by atoms with Gasteiger partial charge in [0, 0.05) is 0 Å². The Morgan fingerprint density at radius 1 is 1.22 bits per heavy atom. The van der Waals surface area contributed by atoms with E-state index in [-0.39, 0.29) is 0 Å². The summed E-state index contributed by atoms with van der Waals surface area (Å²) >= 11 is -0.900. The van der Waals surface area contributed by atoms with Crippen molar-refractivity contribution in [2.24, 2.45) is 0 Å². The third-order valence-corrected chi connectivity index (χ3v) is 9.61. The van der Waals surface area contributed by atoms with Crippen LogP contribution < -0.4 is 5.32 Å². The average molecular weight is 234 g/mol. The van der Waals surface area contributed by atoms with Crippen molar-refractivity contribution in [3.8, 4) is 0 Å². The Balaban J connectivity index is 2.23. The van der Waals surface area contributed by atoms with Gasteiger partial charge in [-0.25, -0.2) is 0 Å². The third-order valence-electron chi connectivity index (χ3n) is 2.33. The van der Waals surface area contributed by atoms with Crippen LogP contribution in [-0.2, 0) is 0 Å². The van der Waals surface area contributed by atoms with Gasteiger partial charge >= 0.3 is 64.8 Å². The van der Waals surface area contributed by atoms with Gasteiger partial charge in [0.1, 0.15) is 0 Å². The molecule has 1 rings (SSSR count). The van der Waals surface area contributed by atoms with Gasteiger partial charge < -0.3 is 0 Å². The predicted octanol–water partition coefficient (Wildman–Crippen LogP) is 1.23. The summed E-state index contributed by atoms with van der Waals surface area (Å²) in [6.45, 7) is 2.58. The normalized spacial score (nSPS) is 23.0. The Bertz CT molecular complexity index is 77.0. The number of rotatable bonds is 1. The summed E-state index contributed by atoms with van der Waals surface area (Å²) in [5.74, 6) is 0. The van der Waals surface area contributed by atoms with E-state index in [4.69, 9.17) is 0 Å². The van der Waals surface area contributed by atoms with E-state index in [0.717, 1.165) is 0 Å². The first-order valence-corrected chi connectivity index (χ1v) is 12.5. The summed E-state index contributed by atoms with van der Waals surface area (Å²) < 4.78 is 1.20. The van der Waals surface area contributed by atoms with Gasteiger partial charge in [0.05, 0.1) is 0 Å². The van der Waals surface area contributed by atoms with Crippen molar-refractivity contribution in [3.05, 3.63) is 0 Å². The van der Waals surface area contributed by atoms with E-state index >= 15 is 0 Å². The molecule has 0 aromatic rings. The molecule has 0 saturated carbocycles. The van der Waals surface area contributed by atoms with Gasteiger partial charge in [-0.3, -0.25) is 0 Å². The van der Waals surface area contributed by atoms with E-state index in [0.29, 0.717) is 0 Å². The monoisotopic (exact) mass is 235 g/mol. The van der Waals surface area contributed by atoms with Crippen LogP contribution in [0.15, 0.2) is 0 Å². The van der Waals surface area contributed by atoms with Crippen molar-refractivity contribution in [3.63, 3.8) is 0 Å². The second-order valence-electron chi connectivity index (χ2n) is 3.33. The molecule has 1 aliphatic heterocycles. The number of piperidine rings is 1. The SMILES string of the molecule is [CH3][SnH]([CH3])[CH]1CCNCC1. The second-order valence-corrected chi connectivity index (χ2v) is 13.1. The predicted molar refractivity (Wildman–Crippen MR) is 44.7 cm³/mol. The first kappa shape index (κ1) is 7.86. The minimum absolute atomic E-state index is 0.900. The van der Waals surface area contributed by atoms with E-state index < -0.39 is 19.8 Å². The van der Waals surface area contributed by atoms with Gasteiger partial charge in [-0.05, 0) is 0 Å². The summed E-state index contributed by atoms with van der Waals surface area (Å²) in [5, 5.41) is 3.40. The molecule has 0 atom stereocenters. The van der Waals surface area contributed by atoms with E-state index in [1.165, 1.54) is 29.9 Å². The summed E-state index contributed by atoms with van der Waals surface area (Å²) in [6.07, 6.45) is 2.96. The fourth-order valence-corrected chi connectivity index (χ4v) is 6.27. The quantitative estimate of drug-likeness (QED) is 0.672.